The van der Waals surface area contributed by atoms with Gasteiger partial charge in [0, 0.05) is 10.6 Å². The van der Waals surface area contributed by atoms with Crippen molar-refractivity contribution >= 4 is 28.9 Å². The first-order valence-electron chi connectivity index (χ1n) is 7.54. The topological polar surface area (TPSA) is 55.4 Å². The molecular weight excluding hydrogens is 310 g/mol. The Bertz CT molecular complexity index is 734. The van der Waals surface area contributed by atoms with Crippen LogP contribution in [0, 0.1) is 20.8 Å². The van der Waals surface area contributed by atoms with E-state index in [1.807, 2.05) is 52.0 Å². The van der Waals surface area contributed by atoms with Crippen LogP contribution in [-0.4, -0.2) is 18.5 Å². The second-order valence-corrected chi connectivity index (χ2v) is 6.73. The second kappa shape index (κ2) is 7.42. The lowest BCUT2D eigenvalue weighted by Gasteiger charge is -2.08. The molecule has 0 radical (unpaired) electrons. The first kappa shape index (κ1) is 17.2. The molecule has 1 heterocycles. The molecule has 2 rings (SSSR count). The summed E-state index contributed by atoms with van der Waals surface area (Å²) in [5, 5.41) is 2.73. The number of amides is 1. The Labute approximate surface area is 140 Å². The SMILES string of the molecule is CCc1cc(C(=O)OCC(=O)Nc2ccc(C)c(C)c2)sc1C. The molecule has 0 unspecified atom stereocenters. The average Bonchev–Trinajstić information content (AvgIpc) is 2.89. The number of hydrogen-bond acceptors (Lipinski definition) is 4. The molecule has 1 aromatic carbocycles. The lowest BCUT2D eigenvalue weighted by atomic mass is 10.1. The molecule has 0 aliphatic carbocycles. The molecule has 0 saturated heterocycles. The molecule has 0 atom stereocenters. The first-order valence-corrected chi connectivity index (χ1v) is 8.36. The van der Waals surface area contributed by atoms with Crippen molar-refractivity contribution in [2.24, 2.45) is 0 Å². The number of thiophene rings is 1. The molecule has 0 spiro atoms. The van der Waals surface area contributed by atoms with Crippen LogP contribution in [0.4, 0.5) is 5.69 Å². The lowest BCUT2D eigenvalue weighted by molar-refractivity contribution is -0.119. The van der Waals surface area contributed by atoms with E-state index in [2.05, 4.69) is 5.32 Å². The monoisotopic (exact) mass is 331 g/mol. The summed E-state index contributed by atoms with van der Waals surface area (Å²) in [6.45, 7) is 7.73. The van der Waals surface area contributed by atoms with Crippen LogP contribution in [-0.2, 0) is 16.0 Å². The molecule has 1 amide bonds. The summed E-state index contributed by atoms with van der Waals surface area (Å²) in [5.74, 6) is -0.793. The van der Waals surface area contributed by atoms with Crippen molar-refractivity contribution in [2.75, 3.05) is 11.9 Å². The van der Waals surface area contributed by atoms with Crippen LogP contribution < -0.4 is 5.32 Å². The lowest BCUT2D eigenvalue weighted by Crippen LogP contribution is -2.20. The zero-order valence-electron chi connectivity index (χ0n) is 13.9. The van der Waals surface area contributed by atoms with Gasteiger partial charge in [-0.3, -0.25) is 4.79 Å². The van der Waals surface area contributed by atoms with Gasteiger partial charge in [-0.1, -0.05) is 13.0 Å². The average molecular weight is 331 g/mol. The largest absolute Gasteiger partial charge is 0.451 e. The standard InChI is InChI=1S/C18H21NO3S/c1-5-14-9-16(23-13(14)4)18(21)22-10-17(20)19-15-7-6-11(2)12(3)8-15/h6-9H,5,10H2,1-4H3,(H,19,20). The number of ether oxygens (including phenoxy) is 1. The summed E-state index contributed by atoms with van der Waals surface area (Å²) < 4.78 is 5.09. The van der Waals surface area contributed by atoms with Gasteiger partial charge in [0.25, 0.3) is 5.91 Å². The van der Waals surface area contributed by atoms with Gasteiger partial charge in [0.15, 0.2) is 6.61 Å². The fourth-order valence-electron chi connectivity index (χ4n) is 2.19. The number of rotatable bonds is 5. The van der Waals surface area contributed by atoms with E-state index >= 15 is 0 Å². The number of nitrogens with one attached hydrogen (secondary N) is 1. The van der Waals surface area contributed by atoms with Crippen molar-refractivity contribution in [2.45, 2.75) is 34.1 Å². The van der Waals surface area contributed by atoms with Crippen LogP contribution in [0.25, 0.3) is 0 Å². The maximum atomic E-state index is 12.0. The predicted molar refractivity (Wildman–Crippen MR) is 93.3 cm³/mol. The molecule has 122 valence electrons. The summed E-state index contributed by atoms with van der Waals surface area (Å²) in [5.41, 5.74) is 4.10. The number of carbonyl (C=O) groups is 2. The van der Waals surface area contributed by atoms with Crippen LogP contribution in [0.3, 0.4) is 0 Å². The quantitative estimate of drug-likeness (QED) is 0.842. The zero-order chi connectivity index (χ0) is 17.0. The number of carbonyl (C=O) groups excluding carboxylic acids is 2. The van der Waals surface area contributed by atoms with Crippen LogP contribution in [0.15, 0.2) is 24.3 Å². The van der Waals surface area contributed by atoms with Crippen molar-refractivity contribution in [3.05, 3.63) is 50.7 Å². The maximum absolute atomic E-state index is 12.0. The summed E-state index contributed by atoms with van der Waals surface area (Å²) >= 11 is 1.40. The Kier molecular flexibility index (Phi) is 5.55. The van der Waals surface area contributed by atoms with Crippen molar-refractivity contribution in [3.8, 4) is 0 Å². The van der Waals surface area contributed by atoms with E-state index in [1.54, 1.807) is 0 Å². The van der Waals surface area contributed by atoms with Gasteiger partial charge in [0.1, 0.15) is 4.88 Å². The molecule has 23 heavy (non-hydrogen) atoms. The van der Waals surface area contributed by atoms with E-state index < -0.39 is 5.97 Å². The fraction of sp³-hybridized carbons (Fsp3) is 0.333. The Hall–Kier alpha value is -2.14. The van der Waals surface area contributed by atoms with Crippen LogP contribution in [0.5, 0.6) is 0 Å². The van der Waals surface area contributed by atoms with Gasteiger partial charge in [-0.2, -0.15) is 0 Å². The minimum atomic E-state index is -0.451. The van der Waals surface area contributed by atoms with Gasteiger partial charge in [0.2, 0.25) is 0 Å². The molecule has 5 heteroatoms. The molecule has 1 aromatic heterocycles. The molecule has 0 saturated carbocycles. The van der Waals surface area contributed by atoms with Gasteiger partial charge in [-0.05, 0) is 62.1 Å². The minimum absolute atomic E-state index is 0.288. The molecule has 4 nitrogen and oxygen atoms in total. The molecule has 0 aliphatic rings. The Balaban J connectivity index is 1.90. The number of anilines is 1. The number of benzene rings is 1. The Morgan fingerprint density at radius 2 is 1.87 bits per heavy atom. The Morgan fingerprint density at radius 1 is 1.13 bits per heavy atom. The normalized spacial score (nSPS) is 10.4. The zero-order valence-corrected chi connectivity index (χ0v) is 14.7. The van der Waals surface area contributed by atoms with Crippen LogP contribution in [0.2, 0.25) is 0 Å². The third-order valence-electron chi connectivity index (χ3n) is 3.73. The van der Waals surface area contributed by atoms with E-state index in [-0.39, 0.29) is 12.5 Å². The summed E-state index contributed by atoms with van der Waals surface area (Å²) in [4.78, 5) is 25.5. The third kappa shape index (κ3) is 4.42. The predicted octanol–water partition coefficient (Wildman–Crippen LogP) is 4.03. The van der Waals surface area contributed by atoms with Gasteiger partial charge >= 0.3 is 5.97 Å². The summed E-state index contributed by atoms with van der Waals surface area (Å²) in [7, 11) is 0. The molecule has 0 aliphatic heterocycles. The summed E-state index contributed by atoms with van der Waals surface area (Å²) in [6, 6.07) is 7.50. The van der Waals surface area contributed by atoms with Crippen molar-refractivity contribution < 1.29 is 14.3 Å². The highest BCUT2D eigenvalue weighted by Gasteiger charge is 2.14. The van der Waals surface area contributed by atoms with Gasteiger partial charge in [0.05, 0.1) is 0 Å². The fourth-order valence-corrected chi connectivity index (χ4v) is 3.20. The number of hydrogen-bond donors (Lipinski definition) is 1. The van der Waals surface area contributed by atoms with E-state index in [9.17, 15) is 9.59 Å². The highest BCUT2D eigenvalue weighted by Crippen LogP contribution is 2.22. The smallest absolute Gasteiger partial charge is 0.348 e. The van der Waals surface area contributed by atoms with Gasteiger partial charge < -0.3 is 10.1 Å². The minimum Gasteiger partial charge on any atom is -0.451 e. The van der Waals surface area contributed by atoms with Crippen LogP contribution >= 0.6 is 11.3 Å². The van der Waals surface area contributed by atoms with Crippen LogP contribution in [0.1, 0.15) is 38.2 Å². The highest BCUT2D eigenvalue weighted by atomic mass is 32.1. The molecular formula is C18H21NO3S. The summed E-state index contributed by atoms with van der Waals surface area (Å²) in [6.07, 6.45) is 0.878. The molecule has 0 fully saturated rings. The van der Waals surface area contributed by atoms with E-state index in [0.717, 1.165) is 28.0 Å². The van der Waals surface area contributed by atoms with Crippen molar-refractivity contribution in [1.82, 2.24) is 0 Å². The number of esters is 1. The Morgan fingerprint density at radius 3 is 2.48 bits per heavy atom. The van der Waals surface area contributed by atoms with E-state index in [0.29, 0.717) is 10.6 Å². The molecule has 1 N–H and O–H groups in total. The first-order chi connectivity index (χ1) is 10.9. The van der Waals surface area contributed by atoms with Gasteiger partial charge in [-0.15, -0.1) is 11.3 Å². The van der Waals surface area contributed by atoms with Crippen molar-refractivity contribution in [3.63, 3.8) is 0 Å². The number of aryl methyl sites for hydroxylation is 4. The van der Waals surface area contributed by atoms with E-state index in [4.69, 9.17) is 4.74 Å². The third-order valence-corrected chi connectivity index (χ3v) is 4.80. The van der Waals surface area contributed by atoms with E-state index in [1.165, 1.54) is 11.3 Å². The second-order valence-electron chi connectivity index (χ2n) is 5.47. The van der Waals surface area contributed by atoms with Crippen molar-refractivity contribution in [1.29, 1.82) is 0 Å². The highest BCUT2D eigenvalue weighted by molar-refractivity contribution is 7.14. The molecule has 0 bridgehead atoms. The maximum Gasteiger partial charge on any atom is 0.348 e. The molecule has 2 aromatic rings. The van der Waals surface area contributed by atoms with Gasteiger partial charge in [-0.25, -0.2) is 4.79 Å².